The summed E-state index contributed by atoms with van der Waals surface area (Å²) in [5.41, 5.74) is 0. The molecule has 13 heavy (non-hydrogen) atoms. The van der Waals surface area contributed by atoms with E-state index in [1.807, 2.05) is 6.07 Å². The van der Waals surface area contributed by atoms with E-state index >= 15 is 0 Å². The minimum absolute atomic E-state index is 0.109. The first-order chi connectivity index (χ1) is 6.27. The Hall–Kier alpha value is -0.900. The van der Waals surface area contributed by atoms with Crippen LogP contribution in [-0.2, 0) is 11.2 Å². The van der Waals surface area contributed by atoms with Crippen LogP contribution < -0.4 is 0 Å². The fraction of sp³-hybridized carbons (Fsp3) is 0.556. The third-order valence-electron chi connectivity index (χ3n) is 2.69. The predicted octanol–water partition coefficient (Wildman–Crippen LogP) is 1.80. The zero-order chi connectivity index (χ0) is 9.26. The lowest BCUT2D eigenvalue weighted by Gasteiger charge is -2.32. The number of aromatic nitrogens is 1. The maximum absolute atomic E-state index is 10.7. The van der Waals surface area contributed by atoms with Gasteiger partial charge in [-0.25, -0.2) is 4.37 Å². The molecule has 1 saturated carbocycles. The van der Waals surface area contributed by atoms with Gasteiger partial charge in [0.05, 0.1) is 5.92 Å². The molecule has 4 heteroatoms. The van der Waals surface area contributed by atoms with Crippen molar-refractivity contribution in [3.63, 3.8) is 0 Å². The van der Waals surface area contributed by atoms with Gasteiger partial charge in [0.15, 0.2) is 0 Å². The molecule has 1 heterocycles. The van der Waals surface area contributed by atoms with E-state index in [2.05, 4.69) is 4.37 Å². The molecule has 0 spiro atoms. The average Bonchev–Trinajstić information content (AvgIpc) is 2.48. The van der Waals surface area contributed by atoms with Crippen molar-refractivity contribution >= 4 is 17.5 Å². The first-order valence-corrected chi connectivity index (χ1v) is 5.17. The number of nitrogens with zero attached hydrogens (tertiary/aromatic N) is 1. The number of carboxylic acids is 1. The third kappa shape index (κ3) is 1.72. The van der Waals surface area contributed by atoms with Crippen molar-refractivity contribution in [1.29, 1.82) is 0 Å². The summed E-state index contributed by atoms with van der Waals surface area (Å²) < 4.78 is 4.00. The minimum atomic E-state index is -0.638. The van der Waals surface area contributed by atoms with Gasteiger partial charge in [-0.2, -0.15) is 0 Å². The molecule has 2 atom stereocenters. The molecule has 0 radical (unpaired) electrons. The fourth-order valence-electron chi connectivity index (χ4n) is 1.74. The summed E-state index contributed by atoms with van der Waals surface area (Å²) in [6.07, 6.45) is 4.56. The Bertz CT molecular complexity index is 297. The quantitative estimate of drug-likeness (QED) is 0.803. The van der Waals surface area contributed by atoms with Gasteiger partial charge in [-0.1, -0.05) is 0 Å². The lowest BCUT2D eigenvalue weighted by Crippen LogP contribution is -2.33. The summed E-state index contributed by atoms with van der Waals surface area (Å²) in [4.78, 5) is 11.9. The Morgan fingerprint density at radius 3 is 3.00 bits per heavy atom. The molecule has 1 N–H and O–H groups in total. The average molecular weight is 197 g/mol. The van der Waals surface area contributed by atoms with E-state index in [1.54, 1.807) is 6.20 Å². The van der Waals surface area contributed by atoms with Crippen LogP contribution in [0.5, 0.6) is 0 Å². The molecule has 70 valence electrons. The molecule has 0 amide bonds. The molecular weight excluding hydrogens is 186 g/mol. The van der Waals surface area contributed by atoms with Gasteiger partial charge in [-0.3, -0.25) is 4.79 Å². The molecule has 0 saturated heterocycles. The monoisotopic (exact) mass is 197 g/mol. The van der Waals surface area contributed by atoms with E-state index in [-0.39, 0.29) is 5.92 Å². The third-order valence-corrected chi connectivity index (χ3v) is 3.45. The summed E-state index contributed by atoms with van der Waals surface area (Å²) in [7, 11) is 0. The minimum Gasteiger partial charge on any atom is -0.481 e. The smallest absolute Gasteiger partial charge is 0.306 e. The second-order valence-electron chi connectivity index (χ2n) is 3.47. The largest absolute Gasteiger partial charge is 0.481 e. The molecule has 0 bridgehead atoms. The first kappa shape index (κ1) is 8.69. The zero-order valence-corrected chi connectivity index (χ0v) is 7.96. The molecule has 0 aromatic carbocycles. The molecule has 2 unspecified atom stereocenters. The fourth-order valence-corrected chi connectivity index (χ4v) is 2.41. The topological polar surface area (TPSA) is 50.2 Å². The van der Waals surface area contributed by atoms with Gasteiger partial charge >= 0.3 is 5.97 Å². The molecule has 1 fully saturated rings. The maximum atomic E-state index is 10.7. The van der Waals surface area contributed by atoms with Crippen LogP contribution in [0.3, 0.4) is 0 Å². The second-order valence-corrected chi connectivity index (χ2v) is 4.38. The summed E-state index contributed by atoms with van der Waals surface area (Å²) in [5, 5.41) is 8.82. The standard InChI is InChI=1S/C9H11NO2S/c11-9(12)8-2-1-6(8)5-7-3-4-10-13-7/h3-4,6,8H,1-2,5H2,(H,11,12). The summed E-state index contributed by atoms with van der Waals surface area (Å²) >= 11 is 1.47. The number of aliphatic carboxylic acids is 1. The summed E-state index contributed by atoms with van der Waals surface area (Å²) in [6, 6.07) is 1.97. The highest BCUT2D eigenvalue weighted by atomic mass is 32.1. The van der Waals surface area contributed by atoms with Gasteiger partial charge in [-0.15, -0.1) is 0 Å². The lowest BCUT2D eigenvalue weighted by atomic mass is 9.72. The van der Waals surface area contributed by atoms with Crippen LogP contribution in [0.4, 0.5) is 0 Å². The van der Waals surface area contributed by atoms with Gasteiger partial charge in [0.2, 0.25) is 0 Å². The van der Waals surface area contributed by atoms with E-state index < -0.39 is 5.97 Å². The highest BCUT2D eigenvalue weighted by molar-refractivity contribution is 7.05. The van der Waals surface area contributed by atoms with Crippen LogP contribution in [0.1, 0.15) is 17.7 Å². The lowest BCUT2D eigenvalue weighted by molar-refractivity contribution is -0.147. The van der Waals surface area contributed by atoms with E-state index in [9.17, 15) is 4.79 Å². The van der Waals surface area contributed by atoms with E-state index in [0.717, 1.165) is 19.3 Å². The van der Waals surface area contributed by atoms with Crippen molar-refractivity contribution < 1.29 is 9.90 Å². The number of rotatable bonds is 3. The normalized spacial score (nSPS) is 26.8. The highest BCUT2D eigenvalue weighted by Crippen LogP contribution is 2.37. The van der Waals surface area contributed by atoms with Crippen molar-refractivity contribution in [3.05, 3.63) is 17.1 Å². The van der Waals surface area contributed by atoms with Crippen molar-refractivity contribution in [1.82, 2.24) is 4.37 Å². The van der Waals surface area contributed by atoms with Crippen LogP contribution in [0.2, 0.25) is 0 Å². The van der Waals surface area contributed by atoms with Crippen molar-refractivity contribution in [3.8, 4) is 0 Å². The summed E-state index contributed by atoms with van der Waals surface area (Å²) in [6.45, 7) is 0. The molecule has 3 nitrogen and oxygen atoms in total. The highest BCUT2D eigenvalue weighted by Gasteiger charge is 2.36. The zero-order valence-electron chi connectivity index (χ0n) is 7.14. The first-order valence-electron chi connectivity index (χ1n) is 4.39. The maximum Gasteiger partial charge on any atom is 0.306 e. The molecule has 2 rings (SSSR count). The Kier molecular flexibility index (Phi) is 2.31. The Balaban J connectivity index is 1.93. The van der Waals surface area contributed by atoms with Crippen molar-refractivity contribution in [2.45, 2.75) is 19.3 Å². The number of hydrogen-bond donors (Lipinski definition) is 1. The molecule has 1 aliphatic carbocycles. The van der Waals surface area contributed by atoms with E-state index in [1.165, 1.54) is 16.4 Å². The van der Waals surface area contributed by atoms with Gasteiger partial charge < -0.3 is 5.11 Å². The predicted molar refractivity (Wildman–Crippen MR) is 49.7 cm³/mol. The number of hydrogen-bond acceptors (Lipinski definition) is 3. The SMILES string of the molecule is O=C(O)C1CCC1Cc1ccns1. The number of carboxylic acid groups (broad SMARTS) is 1. The van der Waals surface area contributed by atoms with Crippen LogP contribution in [-0.4, -0.2) is 15.4 Å². The van der Waals surface area contributed by atoms with Crippen LogP contribution >= 0.6 is 11.5 Å². The summed E-state index contributed by atoms with van der Waals surface area (Å²) in [5.74, 6) is -0.402. The van der Waals surface area contributed by atoms with Gasteiger partial charge in [0.25, 0.3) is 0 Å². The van der Waals surface area contributed by atoms with Crippen molar-refractivity contribution in [2.24, 2.45) is 11.8 Å². The molecule has 1 aliphatic rings. The van der Waals surface area contributed by atoms with Crippen LogP contribution in [0.15, 0.2) is 12.3 Å². The Labute approximate surface area is 80.6 Å². The van der Waals surface area contributed by atoms with Crippen LogP contribution in [0.25, 0.3) is 0 Å². The van der Waals surface area contributed by atoms with Gasteiger partial charge in [-0.05, 0) is 42.8 Å². The van der Waals surface area contributed by atoms with Crippen LogP contribution in [0, 0.1) is 11.8 Å². The second kappa shape index (κ2) is 3.46. The van der Waals surface area contributed by atoms with E-state index in [0.29, 0.717) is 5.92 Å². The molecule has 1 aromatic rings. The van der Waals surface area contributed by atoms with Gasteiger partial charge in [0.1, 0.15) is 0 Å². The molecule has 0 aliphatic heterocycles. The van der Waals surface area contributed by atoms with E-state index in [4.69, 9.17) is 5.11 Å². The molecular formula is C9H11NO2S. The molecule has 1 aromatic heterocycles. The number of carbonyl (C=O) groups is 1. The Morgan fingerprint density at radius 2 is 2.54 bits per heavy atom. The van der Waals surface area contributed by atoms with Gasteiger partial charge in [0, 0.05) is 11.1 Å². The van der Waals surface area contributed by atoms with Crippen molar-refractivity contribution in [2.75, 3.05) is 0 Å². The Morgan fingerprint density at radius 1 is 1.69 bits per heavy atom.